The van der Waals surface area contributed by atoms with Gasteiger partial charge < -0.3 is 24.5 Å². The highest BCUT2D eigenvalue weighted by Crippen LogP contribution is 2.30. The quantitative estimate of drug-likeness (QED) is 0.495. The van der Waals surface area contributed by atoms with Crippen LogP contribution in [-0.4, -0.2) is 37.2 Å². The molecule has 1 aromatic carbocycles. The van der Waals surface area contributed by atoms with Gasteiger partial charge in [0.15, 0.2) is 0 Å². The van der Waals surface area contributed by atoms with Crippen molar-refractivity contribution in [2.24, 2.45) is 0 Å². The van der Waals surface area contributed by atoms with Crippen molar-refractivity contribution in [3.8, 4) is 11.5 Å². The lowest BCUT2D eigenvalue weighted by atomic mass is 10.1. The first-order valence-corrected chi connectivity index (χ1v) is 9.41. The van der Waals surface area contributed by atoms with Crippen LogP contribution < -0.4 is 14.8 Å². The molecule has 7 nitrogen and oxygen atoms in total. The van der Waals surface area contributed by atoms with Crippen LogP contribution in [0.15, 0.2) is 18.2 Å². The van der Waals surface area contributed by atoms with Crippen molar-refractivity contribution in [2.75, 3.05) is 25.6 Å². The Balaban J connectivity index is 2.29. The van der Waals surface area contributed by atoms with Gasteiger partial charge >= 0.3 is 5.97 Å². The number of carbonyl (C=O) groups is 2. The number of carbonyl (C=O) groups excluding carboxylic acids is 2. The molecule has 0 aliphatic heterocycles. The van der Waals surface area contributed by atoms with E-state index >= 15 is 0 Å². The third-order valence-corrected chi connectivity index (χ3v) is 4.33. The summed E-state index contributed by atoms with van der Waals surface area (Å²) < 4.78 is 16.1. The lowest BCUT2D eigenvalue weighted by molar-refractivity contribution is 0.0525. The Hall–Kier alpha value is -2.96. The van der Waals surface area contributed by atoms with E-state index in [1.54, 1.807) is 46.1 Å². The highest BCUT2D eigenvalue weighted by atomic mass is 16.5. The molecule has 0 atom stereocenters. The molecule has 0 bridgehead atoms. The Morgan fingerprint density at radius 3 is 2.57 bits per heavy atom. The normalized spacial score (nSPS) is 10.5. The van der Waals surface area contributed by atoms with Gasteiger partial charge in [0, 0.05) is 11.8 Å². The minimum absolute atomic E-state index is 0.271. The Bertz CT molecular complexity index is 842. The number of hydrogen-bond acceptors (Lipinski definition) is 5. The topological polar surface area (TPSA) is 89.7 Å². The number of aromatic nitrogens is 1. The first-order valence-electron chi connectivity index (χ1n) is 9.41. The fraction of sp³-hybridized carbons (Fsp3) is 0.429. The Labute approximate surface area is 165 Å². The number of aromatic amines is 1. The molecular formula is C21H28N2O5. The average Bonchev–Trinajstić information content (AvgIpc) is 2.97. The standard InChI is InChI=1S/C21H28N2O5/c1-6-8-11-28-17-10-9-15(26-5)12-16(17)23-20(24)19-13(3)18(14(4)22-19)21(25)27-7-2/h9-10,12,22H,6-8,11H2,1-5H3,(H,23,24). The van der Waals surface area contributed by atoms with E-state index in [-0.39, 0.29) is 12.5 Å². The summed E-state index contributed by atoms with van der Waals surface area (Å²) in [4.78, 5) is 28.0. The van der Waals surface area contributed by atoms with E-state index in [2.05, 4.69) is 17.2 Å². The van der Waals surface area contributed by atoms with E-state index < -0.39 is 5.97 Å². The molecule has 1 heterocycles. The molecule has 0 aliphatic rings. The molecule has 2 N–H and O–H groups in total. The van der Waals surface area contributed by atoms with E-state index in [1.165, 1.54) is 0 Å². The molecule has 1 amide bonds. The molecule has 0 saturated heterocycles. The second-order valence-corrected chi connectivity index (χ2v) is 6.36. The lowest BCUT2D eigenvalue weighted by Crippen LogP contribution is -2.15. The molecule has 7 heteroatoms. The molecule has 0 radical (unpaired) electrons. The fourth-order valence-corrected chi connectivity index (χ4v) is 2.86. The summed E-state index contributed by atoms with van der Waals surface area (Å²) in [5.74, 6) is 0.349. The maximum absolute atomic E-state index is 12.9. The minimum atomic E-state index is -0.447. The number of benzene rings is 1. The van der Waals surface area contributed by atoms with Gasteiger partial charge in [-0.3, -0.25) is 4.79 Å². The minimum Gasteiger partial charge on any atom is -0.497 e. The summed E-state index contributed by atoms with van der Waals surface area (Å²) in [6.07, 6.45) is 1.92. The van der Waals surface area contributed by atoms with Crippen LogP contribution >= 0.6 is 0 Å². The van der Waals surface area contributed by atoms with E-state index in [1.807, 2.05) is 0 Å². The number of esters is 1. The Morgan fingerprint density at radius 2 is 1.93 bits per heavy atom. The predicted octanol–water partition coefficient (Wildman–Crippen LogP) is 4.25. The van der Waals surface area contributed by atoms with Crippen molar-refractivity contribution in [3.05, 3.63) is 40.7 Å². The average molecular weight is 388 g/mol. The second kappa shape index (κ2) is 9.82. The van der Waals surface area contributed by atoms with E-state index in [0.717, 1.165) is 12.8 Å². The number of anilines is 1. The predicted molar refractivity (Wildman–Crippen MR) is 108 cm³/mol. The molecule has 0 fully saturated rings. The van der Waals surface area contributed by atoms with Crippen molar-refractivity contribution in [3.63, 3.8) is 0 Å². The highest BCUT2D eigenvalue weighted by molar-refractivity contribution is 6.07. The lowest BCUT2D eigenvalue weighted by Gasteiger charge is -2.14. The first kappa shape index (κ1) is 21.3. The molecule has 0 saturated carbocycles. The first-order chi connectivity index (χ1) is 13.4. The third-order valence-electron chi connectivity index (χ3n) is 4.33. The van der Waals surface area contributed by atoms with E-state index in [4.69, 9.17) is 14.2 Å². The second-order valence-electron chi connectivity index (χ2n) is 6.36. The SMILES string of the molecule is CCCCOc1ccc(OC)cc1NC(=O)c1[nH]c(C)c(C(=O)OCC)c1C. The summed E-state index contributed by atoms with van der Waals surface area (Å²) in [5.41, 5.74) is 2.33. The molecule has 2 rings (SSSR count). The van der Waals surface area contributed by atoms with Crippen molar-refractivity contribution < 1.29 is 23.8 Å². The van der Waals surface area contributed by atoms with Crippen LogP contribution in [0.2, 0.25) is 0 Å². The van der Waals surface area contributed by atoms with Gasteiger partial charge in [0.1, 0.15) is 17.2 Å². The number of H-pyrrole nitrogens is 1. The van der Waals surface area contributed by atoms with Crippen molar-refractivity contribution >= 4 is 17.6 Å². The van der Waals surface area contributed by atoms with Gasteiger partial charge in [-0.1, -0.05) is 13.3 Å². The van der Waals surface area contributed by atoms with Gasteiger partial charge in [-0.05, 0) is 44.9 Å². The van der Waals surface area contributed by atoms with Crippen LogP contribution in [0.25, 0.3) is 0 Å². The van der Waals surface area contributed by atoms with Gasteiger partial charge in [0.25, 0.3) is 5.91 Å². The number of methoxy groups -OCH3 is 1. The Kier molecular flexibility index (Phi) is 7.49. The van der Waals surface area contributed by atoms with Crippen LogP contribution in [0.1, 0.15) is 58.8 Å². The number of rotatable bonds is 9. The van der Waals surface area contributed by atoms with E-state index in [0.29, 0.717) is 46.3 Å². The smallest absolute Gasteiger partial charge is 0.340 e. The maximum Gasteiger partial charge on any atom is 0.340 e. The number of hydrogen-bond donors (Lipinski definition) is 2. The summed E-state index contributed by atoms with van der Waals surface area (Å²) in [6, 6.07) is 5.25. The number of amides is 1. The number of nitrogens with one attached hydrogen (secondary N) is 2. The molecule has 0 spiro atoms. The van der Waals surface area contributed by atoms with Gasteiger partial charge in [-0.15, -0.1) is 0 Å². The molecule has 1 aromatic heterocycles. The molecular weight excluding hydrogens is 360 g/mol. The zero-order chi connectivity index (χ0) is 20.7. The molecule has 28 heavy (non-hydrogen) atoms. The van der Waals surface area contributed by atoms with Crippen molar-refractivity contribution in [2.45, 2.75) is 40.5 Å². The largest absolute Gasteiger partial charge is 0.497 e. The summed E-state index contributed by atoms with van der Waals surface area (Å²) in [6.45, 7) is 8.10. The number of unbranched alkanes of at least 4 members (excludes halogenated alkanes) is 1. The van der Waals surface area contributed by atoms with Crippen LogP contribution in [0.4, 0.5) is 5.69 Å². The van der Waals surface area contributed by atoms with E-state index in [9.17, 15) is 9.59 Å². The third kappa shape index (κ3) is 4.85. The summed E-state index contributed by atoms with van der Waals surface area (Å²) in [5, 5.41) is 2.85. The van der Waals surface area contributed by atoms with Crippen LogP contribution in [0, 0.1) is 13.8 Å². The van der Waals surface area contributed by atoms with Gasteiger partial charge in [-0.2, -0.15) is 0 Å². The van der Waals surface area contributed by atoms with Crippen LogP contribution in [0.3, 0.4) is 0 Å². The zero-order valence-corrected chi connectivity index (χ0v) is 17.1. The van der Waals surface area contributed by atoms with Crippen LogP contribution in [-0.2, 0) is 4.74 Å². The summed E-state index contributed by atoms with van der Waals surface area (Å²) in [7, 11) is 1.56. The molecule has 0 unspecified atom stereocenters. The molecule has 0 aliphatic carbocycles. The molecule has 152 valence electrons. The van der Waals surface area contributed by atoms with Crippen molar-refractivity contribution in [1.29, 1.82) is 0 Å². The highest BCUT2D eigenvalue weighted by Gasteiger charge is 2.23. The van der Waals surface area contributed by atoms with Gasteiger partial charge in [0.05, 0.1) is 31.6 Å². The van der Waals surface area contributed by atoms with Crippen LogP contribution in [0.5, 0.6) is 11.5 Å². The zero-order valence-electron chi connectivity index (χ0n) is 17.1. The number of aryl methyl sites for hydroxylation is 1. The summed E-state index contributed by atoms with van der Waals surface area (Å²) >= 11 is 0. The maximum atomic E-state index is 12.9. The Morgan fingerprint density at radius 1 is 1.18 bits per heavy atom. The van der Waals surface area contributed by atoms with Gasteiger partial charge in [-0.25, -0.2) is 4.79 Å². The van der Waals surface area contributed by atoms with Gasteiger partial charge in [0.2, 0.25) is 0 Å². The molecule has 2 aromatic rings. The fourth-order valence-electron chi connectivity index (χ4n) is 2.86. The van der Waals surface area contributed by atoms with Crippen molar-refractivity contribution in [1.82, 2.24) is 4.98 Å². The monoisotopic (exact) mass is 388 g/mol. The number of ether oxygens (including phenoxy) is 3.